The highest BCUT2D eigenvalue weighted by molar-refractivity contribution is 6.31. The Kier molecular flexibility index (Phi) is 4.11. The molecule has 5 heterocycles. The third-order valence-electron chi connectivity index (χ3n) is 10.4. The van der Waals surface area contributed by atoms with E-state index in [-0.39, 0.29) is 5.41 Å². The lowest BCUT2D eigenvalue weighted by atomic mass is 9.91. The van der Waals surface area contributed by atoms with Gasteiger partial charge in [-0.3, -0.25) is 0 Å². The van der Waals surface area contributed by atoms with Gasteiger partial charge in [-0.1, -0.05) is 93.6 Å². The predicted octanol–water partition coefficient (Wildman–Crippen LogP) is 11.2. The topological polar surface area (TPSA) is 13.8 Å². The zero-order valence-electron chi connectivity index (χ0n) is 25.4. The Balaban J connectivity index is 1.42. The summed E-state index contributed by atoms with van der Waals surface area (Å²) < 4.78 is 7.55. The number of aromatic nitrogens is 3. The highest BCUT2D eigenvalue weighted by Crippen LogP contribution is 2.47. The summed E-state index contributed by atoms with van der Waals surface area (Å²) in [5, 5.41) is 11.9. The molecule has 0 aliphatic rings. The van der Waals surface area contributed by atoms with Gasteiger partial charge in [0.2, 0.25) is 0 Å². The van der Waals surface area contributed by atoms with E-state index in [9.17, 15) is 0 Å². The second-order valence-electron chi connectivity index (χ2n) is 13.8. The largest absolute Gasteiger partial charge is 0.312 e. The van der Waals surface area contributed by atoms with Crippen LogP contribution in [0.25, 0.3) is 92.8 Å². The standard InChI is InChI=1S/C42H29N3/c1-42(2,3)38-23-32-39-28-15-8-10-19-34(28)43(24-12-5-4-6-13-24)37(39)22-31-30-21-35-29(20-36(30)45(38)41(31)32)27-17-11-16-26-25-14-7-9-18-33(25)44(35)40(26)27/h4-23H,1-3H3. The first-order chi connectivity index (χ1) is 22.0. The number of hydrogen-bond acceptors (Lipinski definition) is 0. The Bertz CT molecular complexity index is 3000. The Morgan fingerprint density at radius 2 is 0.978 bits per heavy atom. The number of hydrogen-bond donors (Lipinski definition) is 0. The molecule has 0 bridgehead atoms. The molecule has 0 atom stereocenters. The maximum atomic E-state index is 2.58. The maximum absolute atomic E-state index is 2.58. The predicted molar refractivity (Wildman–Crippen MR) is 191 cm³/mol. The summed E-state index contributed by atoms with van der Waals surface area (Å²) in [6, 6.07) is 45.3. The molecule has 0 aliphatic carbocycles. The molecule has 45 heavy (non-hydrogen) atoms. The molecule has 0 fully saturated rings. The van der Waals surface area contributed by atoms with Gasteiger partial charge in [0, 0.05) is 65.3 Å². The zero-order valence-corrected chi connectivity index (χ0v) is 25.4. The summed E-state index contributed by atoms with van der Waals surface area (Å²) in [6.45, 7) is 7.04. The molecule has 212 valence electrons. The van der Waals surface area contributed by atoms with Crippen molar-refractivity contribution >= 4 is 87.1 Å². The molecule has 3 heteroatoms. The summed E-state index contributed by atoms with van der Waals surface area (Å²) in [7, 11) is 0. The fourth-order valence-corrected chi connectivity index (χ4v) is 8.58. The SMILES string of the molecule is CC(C)(C)c1cc2c3c4ccccc4n(-c4ccccc4)c3cc3c4cc5c(cc4n1c32)c1cccc2c3ccccc3n5c21. The van der Waals surface area contributed by atoms with Gasteiger partial charge in [0.25, 0.3) is 0 Å². The Morgan fingerprint density at radius 3 is 1.76 bits per heavy atom. The lowest BCUT2D eigenvalue weighted by molar-refractivity contribution is 0.567. The first-order valence-electron chi connectivity index (χ1n) is 15.9. The maximum Gasteiger partial charge on any atom is 0.0620 e. The fraction of sp³-hybridized carbons (Fsp3) is 0.0952. The fourth-order valence-electron chi connectivity index (χ4n) is 8.58. The van der Waals surface area contributed by atoms with Gasteiger partial charge in [-0.05, 0) is 48.5 Å². The van der Waals surface area contributed by atoms with Gasteiger partial charge in [-0.25, -0.2) is 0 Å². The summed E-state index contributed by atoms with van der Waals surface area (Å²) in [6.07, 6.45) is 0. The average Bonchev–Trinajstić information content (AvgIpc) is 3.84. The van der Waals surface area contributed by atoms with Crippen LogP contribution < -0.4 is 0 Å². The van der Waals surface area contributed by atoms with Crippen molar-refractivity contribution in [3.05, 3.63) is 127 Å². The first kappa shape index (κ1) is 23.9. The lowest BCUT2D eigenvalue weighted by Gasteiger charge is -2.18. The molecular weight excluding hydrogens is 546 g/mol. The minimum atomic E-state index is -0.0392. The molecule has 0 aliphatic heterocycles. The molecule has 5 aromatic heterocycles. The van der Waals surface area contributed by atoms with Gasteiger partial charge in [-0.2, -0.15) is 0 Å². The van der Waals surface area contributed by atoms with Crippen LogP contribution in [0.2, 0.25) is 0 Å². The second kappa shape index (κ2) is 7.75. The van der Waals surface area contributed by atoms with Crippen molar-refractivity contribution in [1.82, 2.24) is 13.4 Å². The molecule has 0 radical (unpaired) electrons. The van der Waals surface area contributed by atoms with Crippen LogP contribution in [0.15, 0.2) is 121 Å². The van der Waals surface area contributed by atoms with Crippen molar-refractivity contribution in [2.45, 2.75) is 26.2 Å². The van der Waals surface area contributed by atoms with Crippen LogP contribution in [-0.2, 0) is 5.41 Å². The third-order valence-corrected chi connectivity index (χ3v) is 10.4. The van der Waals surface area contributed by atoms with Crippen LogP contribution in [0.4, 0.5) is 0 Å². The molecule has 6 aromatic carbocycles. The van der Waals surface area contributed by atoms with Crippen LogP contribution in [0, 0.1) is 0 Å². The van der Waals surface area contributed by atoms with Crippen LogP contribution in [0.1, 0.15) is 26.5 Å². The minimum Gasteiger partial charge on any atom is -0.312 e. The van der Waals surface area contributed by atoms with Crippen LogP contribution >= 0.6 is 0 Å². The summed E-state index contributed by atoms with van der Waals surface area (Å²) >= 11 is 0. The van der Waals surface area contributed by atoms with Crippen molar-refractivity contribution in [1.29, 1.82) is 0 Å². The van der Waals surface area contributed by atoms with Crippen LogP contribution in [0.5, 0.6) is 0 Å². The molecule has 0 N–H and O–H groups in total. The van der Waals surface area contributed by atoms with E-state index < -0.39 is 0 Å². The molecule has 0 spiro atoms. The number of nitrogens with zero attached hydrogens (tertiary/aromatic N) is 3. The van der Waals surface area contributed by atoms with E-state index in [1.165, 1.54) is 98.5 Å². The normalized spacial score (nSPS) is 13.2. The van der Waals surface area contributed by atoms with Crippen molar-refractivity contribution in [3.63, 3.8) is 0 Å². The third kappa shape index (κ3) is 2.75. The van der Waals surface area contributed by atoms with Gasteiger partial charge >= 0.3 is 0 Å². The Morgan fingerprint density at radius 1 is 0.400 bits per heavy atom. The Labute approximate surface area is 258 Å². The van der Waals surface area contributed by atoms with E-state index in [4.69, 9.17) is 0 Å². The van der Waals surface area contributed by atoms with Crippen molar-refractivity contribution in [2.24, 2.45) is 0 Å². The summed E-state index contributed by atoms with van der Waals surface area (Å²) in [4.78, 5) is 0. The van der Waals surface area contributed by atoms with E-state index >= 15 is 0 Å². The molecule has 0 unspecified atom stereocenters. The van der Waals surface area contributed by atoms with Crippen LogP contribution in [0.3, 0.4) is 0 Å². The number of fused-ring (bicyclic) bond motifs is 13. The zero-order chi connectivity index (χ0) is 29.8. The van der Waals surface area contributed by atoms with Gasteiger partial charge in [0.15, 0.2) is 0 Å². The van der Waals surface area contributed by atoms with Crippen molar-refractivity contribution < 1.29 is 0 Å². The first-order valence-corrected chi connectivity index (χ1v) is 15.9. The molecule has 3 nitrogen and oxygen atoms in total. The van der Waals surface area contributed by atoms with Gasteiger partial charge < -0.3 is 13.4 Å². The molecule has 11 aromatic rings. The molecule has 0 saturated heterocycles. The number of benzene rings is 6. The van der Waals surface area contributed by atoms with Crippen LogP contribution in [-0.4, -0.2) is 13.4 Å². The summed E-state index contributed by atoms with van der Waals surface area (Å²) in [5.41, 5.74) is 11.5. The number of para-hydroxylation sites is 4. The van der Waals surface area contributed by atoms with E-state index in [0.717, 1.165) is 0 Å². The van der Waals surface area contributed by atoms with Crippen molar-refractivity contribution in [3.8, 4) is 5.69 Å². The smallest absolute Gasteiger partial charge is 0.0620 e. The second-order valence-corrected chi connectivity index (χ2v) is 13.8. The van der Waals surface area contributed by atoms with Gasteiger partial charge in [-0.15, -0.1) is 0 Å². The van der Waals surface area contributed by atoms with Gasteiger partial charge in [0.05, 0.1) is 38.6 Å². The molecular formula is C42H29N3. The number of rotatable bonds is 1. The minimum absolute atomic E-state index is 0.0392. The highest BCUT2D eigenvalue weighted by atomic mass is 15.0. The highest BCUT2D eigenvalue weighted by Gasteiger charge is 2.28. The molecule has 0 amide bonds. The van der Waals surface area contributed by atoms with Crippen molar-refractivity contribution in [2.75, 3.05) is 0 Å². The lowest BCUT2D eigenvalue weighted by Crippen LogP contribution is -2.13. The van der Waals surface area contributed by atoms with E-state index in [0.29, 0.717) is 0 Å². The van der Waals surface area contributed by atoms with E-state index in [1.54, 1.807) is 0 Å². The molecule has 0 saturated carbocycles. The molecule has 11 rings (SSSR count). The monoisotopic (exact) mass is 575 g/mol. The summed E-state index contributed by atoms with van der Waals surface area (Å²) in [5.74, 6) is 0. The van der Waals surface area contributed by atoms with E-state index in [1.807, 2.05) is 0 Å². The average molecular weight is 576 g/mol. The van der Waals surface area contributed by atoms with Gasteiger partial charge in [0.1, 0.15) is 0 Å². The quantitative estimate of drug-likeness (QED) is 0.185. The Hall–Kier alpha value is -5.54. The van der Waals surface area contributed by atoms with E-state index in [2.05, 4.69) is 155 Å².